The van der Waals surface area contributed by atoms with Gasteiger partial charge >= 0.3 is 0 Å². The zero-order valence-electron chi connectivity index (χ0n) is 12.7. The van der Waals surface area contributed by atoms with E-state index in [0.29, 0.717) is 23.4 Å². The number of carbonyl (C=O) groups is 1. The molecule has 1 aliphatic heterocycles. The maximum absolute atomic E-state index is 12.6. The van der Waals surface area contributed by atoms with Crippen molar-refractivity contribution in [2.24, 2.45) is 0 Å². The lowest BCUT2D eigenvalue weighted by molar-refractivity contribution is 0.102. The molecule has 0 saturated carbocycles. The molecule has 0 spiro atoms. The molecule has 0 radical (unpaired) electrons. The second-order valence-corrected chi connectivity index (χ2v) is 8.05. The summed E-state index contributed by atoms with van der Waals surface area (Å²) >= 11 is 0. The van der Waals surface area contributed by atoms with E-state index in [0.717, 1.165) is 5.39 Å². The van der Waals surface area contributed by atoms with Gasteiger partial charge in [0, 0.05) is 11.5 Å². The molecule has 1 saturated heterocycles. The number of para-hydroxylation sites is 1. The fourth-order valence-electron chi connectivity index (χ4n) is 3.01. The van der Waals surface area contributed by atoms with Crippen LogP contribution in [-0.2, 0) is 9.84 Å². The molecule has 1 unspecified atom stereocenters. The predicted molar refractivity (Wildman–Crippen MR) is 88.7 cm³/mol. The Labute approximate surface area is 138 Å². The average Bonchev–Trinajstić information content (AvgIpc) is 3.24. The minimum Gasteiger partial charge on any atom is -0.463 e. The number of benzene rings is 1. The van der Waals surface area contributed by atoms with Gasteiger partial charge in [0.05, 0.1) is 29.3 Å². The SMILES string of the molecule is O=C(Nc1ccnn1C1CCS(=O)(=O)C1)c1coc2ccccc12. The van der Waals surface area contributed by atoms with Crippen LogP contribution in [0.15, 0.2) is 47.2 Å². The molecule has 1 atom stereocenters. The van der Waals surface area contributed by atoms with Crippen molar-refractivity contribution in [1.82, 2.24) is 9.78 Å². The standard InChI is InChI=1S/C16H15N3O4S/c20-16(13-9-23-14-4-2-1-3-12(13)14)18-15-5-7-17-19(15)11-6-8-24(21,22)10-11/h1-5,7,9,11H,6,8,10H2,(H,18,20). The van der Waals surface area contributed by atoms with Gasteiger partial charge in [0.2, 0.25) is 0 Å². The second-order valence-electron chi connectivity index (χ2n) is 5.82. The lowest BCUT2D eigenvalue weighted by atomic mass is 10.1. The quantitative estimate of drug-likeness (QED) is 0.785. The van der Waals surface area contributed by atoms with Crippen LogP contribution in [0.3, 0.4) is 0 Å². The zero-order valence-corrected chi connectivity index (χ0v) is 13.5. The van der Waals surface area contributed by atoms with Crippen LogP contribution in [0.1, 0.15) is 22.8 Å². The minimum absolute atomic E-state index is 0.0478. The molecular formula is C16H15N3O4S. The summed E-state index contributed by atoms with van der Waals surface area (Å²) in [5.74, 6) is 0.360. The number of rotatable bonds is 3. The summed E-state index contributed by atoms with van der Waals surface area (Å²) in [6.45, 7) is 0. The zero-order chi connectivity index (χ0) is 16.7. The molecule has 8 heteroatoms. The van der Waals surface area contributed by atoms with Gasteiger partial charge in [0.1, 0.15) is 17.7 Å². The van der Waals surface area contributed by atoms with Crippen LogP contribution in [-0.4, -0.2) is 35.6 Å². The maximum atomic E-state index is 12.6. The molecule has 3 heterocycles. The average molecular weight is 345 g/mol. The number of hydrogen-bond acceptors (Lipinski definition) is 5. The van der Waals surface area contributed by atoms with Crippen molar-refractivity contribution in [3.63, 3.8) is 0 Å². The molecule has 1 aliphatic rings. The number of nitrogens with zero attached hydrogens (tertiary/aromatic N) is 2. The first kappa shape index (κ1) is 14.9. The molecule has 1 amide bonds. The van der Waals surface area contributed by atoms with Crippen molar-refractivity contribution in [1.29, 1.82) is 0 Å². The van der Waals surface area contributed by atoms with Crippen LogP contribution in [0.5, 0.6) is 0 Å². The van der Waals surface area contributed by atoms with Gasteiger partial charge in [0.15, 0.2) is 9.84 Å². The first-order chi connectivity index (χ1) is 11.5. The molecular weight excluding hydrogens is 330 g/mol. The maximum Gasteiger partial charge on any atom is 0.260 e. The van der Waals surface area contributed by atoms with Crippen molar-refractivity contribution in [2.75, 3.05) is 16.8 Å². The van der Waals surface area contributed by atoms with E-state index in [1.807, 2.05) is 18.2 Å². The lowest BCUT2D eigenvalue weighted by Crippen LogP contribution is -2.19. The molecule has 0 aliphatic carbocycles. The molecule has 3 aromatic rings. The van der Waals surface area contributed by atoms with Gasteiger partial charge in [-0.25, -0.2) is 13.1 Å². The highest BCUT2D eigenvalue weighted by molar-refractivity contribution is 7.91. The van der Waals surface area contributed by atoms with Crippen molar-refractivity contribution in [3.05, 3.63) is 48.4 Å². The molecule has 124 valence electrons. The van der Waals surface area contributed by atoms with Crippen molar-refractivity contribution < 1.29 is 17.6 Å². The molecule has 1 N–H and O–H groups in total. The van der Waals surface area contributed by atoms with E-state index in [9.17, 15) is 13.2 Å². The summed E-state index contributed by atoms with van der Waals surface area (Å²) in [4.78, 5) is 12.6. The Morgan fingerprint density at radius 1 is 1.29 bits per heavy atom. The fourth-order valence-corrected chi connectivity index (χ4v) is 4.70. The Hall–Kier alpha value is -2.61. The van der Waals surface area contributed by atoms with Crippen molar-refractivity contribution in [3.8, 4) is 0 Å². The predicted octanol–water partition coefficient (Wildman–Crippen LogP) is 2.24. The van der Waals surface area contributed by atoms with Crippen LogP contribution in [0.2, 0.25) is 0 Å². The lowest BCUT2D eigenvalue weighted by Gasteiger charge is -2.13. The minimum atomic E-state index is -3.03. The first-order valence-corrected chi connectivity index (χ1v) is 9.37. The van der Waals surface area contributed by atoms with Crippen LogP contribution in [0, 0.1) is 0 Å². The van der Waals surface area contributed by atoms with Gasteiger partial charge < -0.3 is 9.73 Å². The summed E-state index contributed by atoms with van der Waals surface area (Å²) in [5.41, 5.74) is 1.07. The van der Waals surface area contributed by atoms with Crippen LogP contribution in [0.4, 0.5) is 5.82 Å². The number of aromatic nitrogens is 2. The van der Waals surface area contributed by atoms with Crippen LogP contribution in [0.25, 0.3) is 11.0 Å². The number of sulfone groups is 1. The number of furan rings is 1. The largest absolute Gasteiger partial charge is 0.463 e. The summed E-state index contributed by atoms with van der Waals surface area (Å²) in [5, 5.41) is 7.70. The third kappa shape index (κ3) is 2.58. The summed E-state index contributed by atoms with van der Waals surface area (Å²) in [6, 6.07) is 8.69. The Kier molecular flexibility index (Phi) is 3.42. The third-order valence-corrected chi connectivity index (χ3v) is 5.94. The summed E-state index contributed by atoms with van der Waals surface area (Å²) in [6.07, 6.45) is 3.47. The van der Waals surface area contributed by atoms with E-state index >= 15 is 0 Å². The Bertz CT molecular complexity index is 1020. The monoisotopic (exact) mass is 345 g/mol. The number of hydrogen-bond donors (Lipinski definition) is 1. The topological polar surface area (TPSA) is 94.2 Å². The number of amides is 1. The molecule has 4 rings (SSSR count). The second kappa shape index (κ2) is 5.48. The van der Waals surface area contributed by atoms with Crippen molar-refractivity contribution >= 4 is 32.5 Å². The smallest absolute Gasteiger partial charge is 0.260 e. The molecule has 0 bridgehead atoms. The number of anilines is 1. The van der Waals surface area contributed by atoms with E-state index in [1.165, 1.54) is 6.26 Å². The Morgan fingerprint density at radius 2 is 2.12 bits per heavy atom. The fraction of sp³-hybridized carbons (Fsp3) is 0.250. The molecule has 7 nitrogen and oxygen atoms in total. The summed E-state index contributed by atoms with van der Waals surface area (Å²) < 4.78 is 30.3. The Morgan fingerprint density at radius 3 is 2.92 bits per heavy atom. The van der Waals surface area contributed by atoms with E-state index < -0.39 is 9.84 Å². The number of nitrogens with one attached hydrogen (secondary N) is 1. The van der Waals surface area contributed by atoms with Gasteiger partial charge in [-0.2, -0.15) is 5.10 Å². The molecule has 2 aromatic heterocycles. The molecule has 24 heavy (non-hydrogen) atoms. The number of fused-ring (bicyclic) bond motifs is 1. The van der Waals surface area contributed by atoms with Crippen molar-refractivity contribution in [2.45, 2.75) is 12.5 Å². The third-order valence-electron chi connectivity index (χ3n) is 4.19. The van der Waals surface area contributed by atoms with Gasteiger partial charge in [-0.3, -0.25) is 4.79 Å². The first-order valence-electron chi connectivity index (χ1n) is 7.55. The van der Waals surface area contributed by atoms with Gasteiger partial charge in [-0.05, 0) is 12.5 Å². The number of carbonyl (C=O) groups excluding carboxylic acids is 1. The Balaban J connectivity index is 1.60. The van der Waals surface area contributed by atoms with E-state index in [-0.39, 0.29) is 23.5 Å². The van der Waals surface area contributed by atoms with Gasteiger partial charge in [0.25, 0.3) is 5.91 Å². The highest BCUT2D eigenvalue weighted by Gasteiger charge is 2.31. The van der Waals surface area contributed by atoms with Crippen LogP contribution >= 0.6 is 0 Å². The highest BCUT2D eigenvalue weighted by atomic mass is 32.2. The van der Waals surface area contributed by atoms with Gasteiger partial charge in [-0.1, -0.05) is 18.2 Å². The highest BCUT2D eigenvalue weighted by Crippen LogP contribution is 2.27. The van der Waals surface area contributed by atoms with Crippen LogP contribution < -0.4 is 5.32 Å². The summed E-state index contributed by atoms with van der Waals surface area (Å²) in [7, 11) is -3.03. The van der Waals surface area contributed by atoms with Gasteiger partial charge in [-0.15, -0.1) is 0 Å². The molecule has 1 aromatic carbocycles. The van der Waals surface area contributed by atoms with E-state index in [4.69, 9.17) is 4.42 Å². The molecule has 1 fully saturated rings. The normalized spacial score (nSPS) is 19.6. The van der Waals surface area contributed by atoms with E-state index in [1.54, 1.807) is 23.0 Å². The van der Waals surface area contributed by atoms with E-state index in [2.05, 4.69) is 10.4 Å².